The average molecular weight is 312 g/mol. The van der Waals surface area contributed by atoms with Gasteiger partial charge < -0.3 is 5.73 Å². The van der Waals surface area contributed by atoms with Gasteiger partial charge in [-0.2, -0.15) is 5.10 Å². The van der Waals surface area contributed by atoms with E-state index in [0.717, 1.165) is 23.4 Å². The van der Waals surface area contributed by atoms with Crippen molar-refractivity contribution in [3.63, 3.8) is 0 Å². The fourth-order valence-corrected chi connectivity index (χ4v) is 2.34. The highest BCUT2D eigenvalue weighted by molar-refractivity contribution is 6.33. The van der Waals surface area contributed by atoms with Gasteiger partial charge in [-0.15, -0.1) is 0 Å². The molecule has 0 aliphatic heterocycles. The molecule has 0 saturated heterocycles. The number of anilines is 1. The third kappa shape index (κ3) is 3.10. The molecule has 0 unspecified atom stereocenters. The molecule has 2 N–H and O–H groups in total. The number of rotatable bonds is 2. The molecule has 108 valence electrons. The summed E-state index contributed by atoms with van der Waals surface area (Å²) in [6, 6.07) is 5.72. The van der Waals surface area contributed by atoms with Gasteiger partial charge in [-0.25, -0.2) is 4.68 Å². The first-order valence-electron chi connectivity index (χ1n) is 6.48. The molecule has 0 spiro atoms. The first kappa shape index (κ1) is 15.2. The normalized spacial score (nSPS) is 11.9. The van der Waals surface area contributed by atoms with Crippen LogP contribution in [0.5, 0.6) is 0 Å². The smallest absolute Gasteiger partial charge is 0.146 e. The van der Waals surface area contributed by atoms with Crippen LogP contribution in [0.4, 0.5) is 5.82 Å². The van der Waals surface area contributed by atoms with E-state index < -0.39 is 0 Å². The number of nitrogens with two attached hydrogens (primary N) is 1. The van der Waals surface area contributed by atoms with E-state index in [9.17, 15) is 0 Å². The third-order valence-electron chi connectivity index (χ3n) is 3.02. The number of halogens is 2. The van der Waals surface area contributed by atoms with Gasteiger partial charge in [0.2, 0.25) is 0 Å². The summed E-state index contributed by atoms with van der Waals surface area (Å²) in [4.78, 5) is 0. The van der Waals surface area contributed by atoms with Crippen LogP contribution in [0.15, 0.2) is 18.2 Å². The lowest BCUT2D eigenvalue weighted by molar-refractivity contribution is 0.405. The molecule has 0 aliphatic rings. The van der Waals surface area contributed by atoms with Gasteiger partial charge in [0.1, 0.15) is 10.8 Å². The largest absolute Gasteiger partial charge is 0.382 e. The average Bonchev–Trinajstić information content (AvgIpc) is 2.59. The Labute approximate surface area is 129 Å². The zero-order valence-corrected chi connectivity index (χ0v) is 13.7. The number of hydrogen-bond donors (Lipinski definition) is 1. The maximum atomic E-state index is 6.30. The summed E-state index contributed by atoms with van der Waals surface area (Å²) in [5.74, 6) is 0.450. The number of nitrogen functional groups attached to an aromatic ring is 1. The second-order valence-corrected chi connectivity index (χ2v) is 7.01. The van der Waals surface area contributed by atoms with Gasteiger partial charge in [-0.1, -0.05) is 50.0 Å². The Balaban J connectivity index is 2.47. The molecule has 0 amide bonds. The van der Waals surface area contributed by atoms with Gasteiger partial charge in [0.25, 0.3) is 0 Å². The van der Waals surface area contributed by atoms with Crippen LogP contribution in [0, 0.1) is 12.3 Å². The lowest BCUT2D eigenvalue weighted by Gasteiger charge is -2.16. The van der Waals surface area contributed by atoms with E-state index in [0.29, 0.717) is 15.9 Å². The van der Waals surface area contributed by atoms with Crippen molar-refractivity contribution < 1.29 is 0 Å². The lowest BCUT2D eigenvalue weighted by atomic mass is 9.91. The SMILES string of the molecule is Cc1ccc(-n2nc(CC(C)(C)C)c(Cl)c2N)cc1Cl. The highest BCUT2D eigenvalue weighted by Gasteiger charge is 2.20. The minimum Gasteiger partial charge on any atom is -0.382 e. The van der Waals surface area contributed by atoms with Crippen molar-refractivity contribution in [1.82, 2.24) is 9.78 Å². The Morgan fingerprint density at radius 1 is 1.25 bits per heavy atom. The molecule has 0 aliphatic carbocycles. The van der Waals surface area contributed by atoms with Crippen LogP contribution in [0.25, 0.3) is 5.69 Å². The van der Waals surface area contributed by atoms with Crippen LogP contribution >= 0.6 is 23.2 Å². The summed E-state index contributed by atoms with van der Waals surface area (Å²) >= 11 is 12.5. The van der Waals surface area contributed by atoms with Crippen molar-refractivity contribution in [3.8, 4) is 5.69 Å². The molecular weight excluding hydrogens is 293 g/mol. The Hall–Kier alpha value is -1.19. The fourth-order valence-electron chi connectivity index (χ4n) is 1.98. The Morgan fingerprint density at radius 2 is 1.90 bits per heavy atom. The first-order chi connectivity index (χ1) is 9.19. The van der Waals surface area contributed by atoms with Crippen LogP contribution in [-0.4, -0.2) is 9.78 Å². The quantitative estimate of drug-likeness (QED) is 0.876. The van der Waals surface area contributed by atoms with Crippen LogP contribution in [-0.2, 0) is 6.42 Å². The number of benzene rings is 1. The van der Waals surface area contributed by atoms with E-state index in [1.54, 1.807) is 4.68 Å². The molecule has 20 heavy (non-hydrogen) atoms. The highest BCUT2D eigenvalue weighted by Crippen LogP contribution is 2.31. The summed E-state index contributed by atoms with van der Waals surface area (Å²) < 4.78 is 1.65. The minimum atomic E-state index is 0.0974. The van der Waals surface area contributed by atoms with Gasteiger partial charge in [0.05, 0.1) is 11.4 Å². The van der Waals surface area contributed by atoms with E-state index >= 15 is 0 Å². The van der Waals surface area contributed by atoms with Gasteiger partial charge in [-0.05, 0) is 36.5 Å². The van der Waals surface area contributed by atoms with Crippen molar-refractivity contribution in [2.45, 2.75) is 34.1 Å². The van der Waals surface area contributed by atoms with Crippen molar-refractivity contribution in [3.05, 3.63) is 39.5 Å². The zero-order chi connectivity index (χ0) is 15.1. The second kappa shape index (κ2) is 5.30. The predicted octanol–water partition coefficient (Wildman–Crippen LogP) is 4.66. The lowest BCUT2D eigenvalue weighted by Crippen LogP contribution is -2.10. The Morgan fingerprint density at radius 3 is 2.45 bits per heavy atom. The highest BCUT2D eigenvalue weighted by atomic mass is 35.5. The van der Waals surface area contributed by atoms with Crippen LogP contribution < -0.4 is 5.73 Å². The molecule has 1 heterocycles. The number of nitrogens with zero attached hydrogens (tertiary/aromatic N) is 2. The maximum absolute atomic E-state index is 6.30. The summed E-state index contributed by atoms with van der Waals surface area (Å²) in [6.45, 7) is 8.38. The molecule has 0 bridgehead atoms. The molecule has 2 aromatic rings. The standard InChI is InChI=1S/C15H19Cl2N3/c1-9-5-6-10(7-11(9)16)20-14(18)13(17)12(19-20)8-15(2,3)4/h5-7H,8,18H2,1-4H3. The number of aromatic nitrogens is 2. The van der Waals surface area contributed by atoms with E-state index in [-0.39, 0.29) is 5.41 Å². The number of aryl methyl sites for hydroxylation is 1. The van der Waals surface area contributed by atoms with Crippen molar-refractivity contribution in [2.24, 2.45) is 5.41 Å². The van der Waals surface area contributed by atoms with Crippen LogP contribution in [0.1, 0.15) is 32.0 Å². The second-order valence-electron chi connectivity index (χ2n) is 6.23. The molecule has 2 rings (SSSR count). The summed E-state index contributed by atoms with van der Waals surface area (Å²) in [6.07, 6.45) is 0.766. The molecule has 1 aromatic carbocycles. The Bertz CT molecular complexity index is 639. The minimum absolute atomic E-state index is 0.0974. The monoisotopic (exact) mass is 311 g/mol. The van der Waals surface area contributed by atoms with E-state index in [1.165, 1.54) is 0 Å². The van der Waals surface area contributed by atoms with Crippen molar-refractivity contribution >= 4 is 29.0 Å². The number of hydrogen-bond acceptors (Lipinski definition) is 2. The van der Waals surface area contributed by atoms with Crippen molar-refractivity contribution in [1.29, 1.82) is 0 Å². The summed E-state index contributed by atoms with van der Waals surface area (Å²) in [5.41, 5.74) is 8.81. The van der Waals surface area contributed by atoms with E-state index in [2.05, 4.69) is 25.9 Å². The van der Waals surface area contributed by atoms with E-state index in [1.807, 2.05) is 25.1 Å². The molecule has 0 radical (unpaired) electrons. The topological polar surface area (TPSA) is 43.8 Å². The van der Waals surface area contributed by atoms with Crippen LogP contribution in [0.2, 0.25) is 10.0 Å². The fraction of sp³-hybridized carbons (Fsp3) is 0.400. The molecule has 5 heteroatoms. The van der Waals surface area contributed by atoms with Gasteiger partial charge in [0.15, 0.2) is 0 Å². The molecule has 0 atom stereocenters. The third-order valence-corrected chi connectivity index (χ3v) is 3.84. The predicted molar refractivity (Wildman–Crippen MR) is 85.9 cm³/mol. The van der Waals surface area contributed by atoms with E-state index in [4.69, 9.17) is 28.9 Å². The van der Waals surface area contributed by atoms with Crippen LogP contribution in [0.3, 0.4) is 0 Å². The summed E-state index contributed by atoms with van der Waals surface area (Å²) in [5, 5.41) is 5.75. The zero-order valence-electron chi connectivity index (χ0n) is 12.2. The summed E-state index contributed by atoms with van der Waals surface area (Å²) in [7, 11) is 0. The van der Waals surface area contributed by atoms with Gasteiger partial charge >= 0.3 is 0 Å². The molecule has 1 aromatic heterocycles. The molecular formula is C15H19Cl2N3. The van der Waals surface area contributed by atoms with Gasteiger partial charge in [0, 0.05) is 5.02 Å². The molecule has 3 nitrogen and oxygen atoms in total. The first-order valence-corrected chi connectivity index (χ1v) is 7.24. The Kier molecular flexibility index (Phi) is 4.03. The maximum Gasteiger partial charge on any atom is 0.146 e. The molecule has 0 saturated carbocycles. The van der Waals surface area contributed by atoms with Crippen molar-refractivity contribution in [2.75, 3.05) is 5.73 Å². The molecule has 0 fully saturated rings. The van der Waals surface area contributed by atoms with Gasteiger partial charge in [-0.3, -0.25) is 0 Å².